The number of hydrogen-bond donors (Lipinski definition) is 1. The van der Waals surface area contributed by atoms with Crippen molar-refractivity contribution in [3.05, 3.63) is 23.9 Å². The Balaban J connectivity index is 2.03. The fraction of sp³-hybridized carbons (Fsp3) is 0.538. The Kier molecular flexibility index (Phi) is 4.15. The van der Waals surface area contributed by atoms with Gasteiger partial charge in [0.25, 0.3) is 5.91 Å². The molecule has 0 aliphatic carbocycles. The van der Waals surface area contributed by atoms with E-state index in [0.717, 1.165) is 38.5 Å². The largest absolute Gasteiger partial charge is 0.373 e. The second-order valence-corrected chi connectivity index (χ2v) is 4.41. The van der Waals surface area contributed by atoms with Crippen molar-refractivity contribution >= 4 is 11.7 Å². The zero-order chi connectivity index (χ0) is 13.0. The van der Waals surface area contributed by atoms with Crippen molar-refractivity contribution in [3.63, 3.8) is 0 Å². The van der Waals surface area contributed by atoms with Crippen LogP contribution in [0.1, 0.15) is 17.3 Å². The Morgan fingerprint density at radius 1 is 1.39 bits per heavy atom. The van der Waals surface area contributed by atoms with Gasteiger partial charge in [0.2, 0.25) is 0 Å². The van der Waals surface area contributed by atoms with E-state index in [2.05, 4.69) is 22.1 Å². The minimum absolute atomic E-state index is 0.102. The summed E-state index contributed by atoms with van der Waals surface area (Å²) >= 11 is 0. The third-order valence-corrected chi connectivity index (χ3v) is 3.37. The molecule has 1 amide bonds. The Bertz CT molecular complexity index is 413. The van der Waals surface area contributed by atoms with Crippen molar-refractivity contribution in [1.82, 2.24) is 14.8 Å². The molecule has 98 valence electrons. The maximum Gasteiger partial charge on any atom is 0.254 e. The van der Waals surface area contributed by atoms with E-state index in [-0.39, 0.29) is 5.91 Å². The van der Waals surface area contributed by atoms with E-state index >= 15 is 0 Å². The molecule has 18 heavy (non-hydrogen) atoms. The predicted molar refractivity (Wildman–Crippen MR) is 71.8 cm³/mol. The number of anilines is 1. The molecule has 0 saturated carbocycles. The second-order valence-electron chi connectivity index (χ2n) is 4.41. The van der Waals surface area contributed by atoms with Gasteiger partial charge in [0, 0.05) is 45.0 Å². The summed E-state index contributed by atoms with van der Waals surface area (Å²) in [5, 5.41) is 2.95. The Hall–Kier alpha value is -1.62. The number of likely N-dealkylation sites (N-methyl/N-ethyl adjacent to an activating group) is 1. The Labute approximate surface area is 108 Å². The van der Waals surface area contributed by atoms with Gasteiger partial charge in [-0.1, -0.05) is 6.92 Å². The van der Waals surface area contributed by atoms with Gasteiger partial charge >= 0.3 is 0 Å². The lowest BCUT2D eigenvalue weighted by Gasteiger charge is -2.34. The van der Waals surface area contributed by atoms with E-state index in [9.17, 15) is 4.79 Å². The summed E-state index contributed by atoms with van der Waals surface area (Å²) in [5.41, 5.74) is 0.708. The maximum absolute atomic E-state index is 12.3. The van der Waals surface area contributed by atoms with Gasteiger partial charge in [-0.2, -0.15) is 0 Å². The molecule has 1 aliphatic rings. The van der Waals surface area contributed by atoms with Gasteiger partial charge in [-0.15, -0.1) is 0 Å². The summed E-state index contributed by atoms with van der Waals surface area (Å²) in [6, 6.07) is 3.57. The second kappa shape index (κ2) is 5.82. The van der Waals surface area contributed by atoms with Gasteiger partial charge in [-0.3, -0.25) is 4.79 Å². The van der Waals surface area contributed by atoms with Crippen LogP contribution in [0.2, 0.25) is 0 Å². The molecule has 1 aliphatic heterocycles. The highest BCUT2D eigenvalue weighted by molar-refractivity contribution is 5.94. The number of nitrogens with zero attached hydrogens (tertiary/aromatic N) is 3. The number of piperazine rings is 1. The van der Waals surface area contributed by atoms with Gasteiger partial charge in [-0.05, 0) is 18.7 Å². The van der Waals surface area contributed by atoms with Crippen LogP contribution in [-0.4, -0.2) is 60.5 Å². The fourth-order valence-corrected chi connectivity index (χ4v) is 2.15. The van der Waals surface area contributed by atoms with Crippen molar-refractivity contribution in [2.45, 2.75) is 6.92 Å². The van der Waals surface area contributed by atoms with Crippen molar-refractivity contribution < 1.29 is 4.79 Å². The summed E-state index contributed by atoms with van der Waals surface area (Å²) in [4.78, 5) is 20.7. The highest BCUT2D eigenvalue weighted by Crippen LogP contribution is 2.11. The standard InChI is InChI=1S/C13H20N4O/c1-3-16-6-8-17(9-7-16)13(18)11-4-5-15-12(10-11)14-2/h4-5,10H,3,6-9H2,1-2H3,(H,14,15). The summed E-state index contributed by atoms with van der Waals surface area (Å²) < 4.78 is 0. The van der Waals surface area contributed by atoms with Gasteiger partial charge < -0.3 is 15.1 Å². The summed E-state index contributed by atoms with van der Waals surface area (Å²) in [6.45, 7) is 6.76. The Morgan fingerprint density at radius 2 is 2.11 bits per heavy atom. The number of rotatable bonds is 3. The molecule has 1 aromatic rings. The maximum atomic E-state index is 12.3. The van der Waals surface area contributed by atoms with Gasteiger partial charge in [0.05, 0.1) is 0 Å². The minimum atomic E-state index is 0.102. The van der Waals surface area contributed by atoms with Crippen LogP contribution in [0, 0.1) is 0 Å². The molecule has 1 aromatic heterocycles. The van der Waals surface area contributed by atoms with Crippen LogP contribution in [0.15, 0.2) is 18.3 Å². The number of nitrogens with one attached hydrogen (secondary N) is 1. The highest BCUT2D eigenvalue weighted by Gasteiger charge is 2.21. The number of carbonyl (C=O) groups is 1. The van der Waals surface area contributed by atoms with Crippen molar-refractivity contribution in [2.75, 3.05) is 45.1 Å². The molecular weight excluding hydrogens is 228 g/mol. The predicted octanol–water partition coefficient (Wildman–Crippen LogP) is 0.901. The first-order valence-corrected chi connectivity index (χ1v) is 6.40. The number of aromatic nitrogens is 1. The molecule has 1 saturated heterocycles. The van der Waals surface area contributed by atoms with E-state index in [0.29, 0.717) is 5.56 Å². The normalized spacial score (nSPS) is 16.7. The molecule has 1 fully saturated rings. The monoisotopic (exact) mass is 248 g/mol. The zero-order valence-corrected chi connectivity index (χ0v) is 11.0. The van der Waals surface area contributed by atoms with E-state index < -0.39 is 0 Å². The van der Waals surface area contributed by atoms with Crippen LogP contribution in [0.25, 0.3) is 0 Å². The van der Waals surface area contributed by atoms with Crippen molar-refractivity contribution in [3.8, 4) is 0 Å². The summed E-state index contributed by atoms with van der Waals surface area (Å²) in [5.74, 6) is 0.831. The van der Waals surface area contributed by atoms with E-state index in [1.807, 2.05) is 4.90 Å². The third-order valence-electron chi connectivity index (χ3n) is 3.37. The van der Waals surface area contributed by atoms with Crippen molar-refractivity contribution in [2.24, 2.45) is 0 Å². The average Bonchev–Trinajstić information content (AvgIpc) is 2.46. The quantitative estimate of drug-likeness (QED) is 0.863. The minimum Gasteiger partial charge on any atom is -0.373 e. The Morgan fingerprint density at radius 3 is 2.72 bits per heavy atom. The van der Waals surface area contributed by atoms with E-state index in [1.165, 1.54) is 0 Å². The zero-order valence-electron chi connectivity index (χ0n) is 11.0. The van der Waals surface area contributed by atoms with Crippen LogP contribution in [0.5, 0.6) is 0 Å². The first-order chi connectivity index (χ1) is 8.74. The molecule has 0 spiro atoms. The molecule has 2 rings (SSSR count). The molecule has 0 atom stereocenters. The number of carbonyl (C=O) groups excluding carboxylic acids is 1. The molecule has 0 unspecified atom stereocenters. The average molecular weight is 248 g/mol. The van der Waals surface area contributed by atoms with E-state index in [4.69, 9.17) is 0 Å². The summed E-state index contributed by atoms with van der Waals surface area (Å²) in [6.07, 6.45) is 1.67. The smallest absolute Gasteiger partial charge is 0.254 e. The first kappa shape index (κ1) is 12.8. The molecule has 5 heteroatoms. The number of pyridine rings is 1. The highest BCUT2D eigenvalue weighted by atomic mass is 16.2. The first-order valence-electron chi connectivity index (χ1n) is 6.40. The van der Waals surface area contributed by atoms with Crippen LogP contribution in [0.4, 0.5) is 5.82 Å². The SMILES string of the molecule is CCN1CCN(C(=O)c2ccnc(NC)c2)CC1. The molecule has 5 nitrogen and oxygen atoms in total. The molecule has 0 bridgehead atoms. The molecule has 1 N–H and O–H groups in total. The molecule has 0 aromatic carbocycles. The molecule has 2 heterocycles. The van der Waals surface area contributed by atoms with Gasteiger partial charge in [0.1, 0.15) is 5.82 Å². The van der Waals surface area contributed by atoms with Crippen molar-refractivity contribution in [1.29, 1.82) is 0 Å². The molecular formula is C13H20N4O. The topological polar surface area (TPSA) is 48.5 Å². The lowest BCUT2D eigenvalue weighted by atomic mass is 10.2. The fourth-order valence-electron chi connectivity index (χ4n) is 2.15. The lowest BCUT2D eigenvalue weighted by Crippen LogP contribution is -2.48. The summed E-state index contributed by atoms with van der Waals surface area (Å²) in [7, 11) is 1.80. The molecule has 0 radical (unpaired) electrons. The van der Waals surface area contributed by atoms with E-state index in [1.54, 1.807) is 25.4 Å². The van der Waals surface area contributed by atoms with Crippen LogP contribution in [-0.2, 0) is 0 Å². The third kappa shape index (κ3) is 2.79. The number of amides is 1. The lowest BCUT2D eigenvalue weighted by molar-refractivity contribution is 0.0643. The van der Waals surface area contributed by atoms with Gasteiger partial charge in [-0.25, -0.2) is 4.98 Å². The van der Waals surface area contributed by atoms with Crippen LogP contribution >= 0.6 is 0 Å². The van der Waals surface area contributed by atoms with Crippen LogP contribution in [0.3, 0.4) is 0 Å². The van der Waals surface area contributed by atoms with Gasteiger partial charge in [0.15, 0.2) is 0 Å². The number of hydrogen-bond acceptors (Lipinski definition) is 4. The van der Waals surface area contributed by atoms with Crippen LogP contribution < -0.4 is 5.32 Å².